The third kappa shape index (κ3) is 8.41. The molecule has 0 saturated heterocycles. The largest absolute Gasteiger partial charge is 0.444 e. The zero-order valence-electron chi connectivity index (χ0n) is 16.8. The molecular weight excluding hydrogens is 392 g/mol. The molecule has 156 valence electrons. The highest BCUT2D eigenvalue weighted by molar-refractivity contribution is 7.89. The Bertz CT molecular complexity index is 921. The molecule has 1 amide bonds. The molecule has 0 bridgehead atoms. The van der Waals surface area contributed by atoms with E-state index in [2.05, 4.69) is 20.3 Å². The molecule has 0 atom stereocenters. The molecule has 2 aromatic rings. The normalized spacial score (nSPS) is 12.1. The molecule has 2 aromatic carbocycles. The molecule has 0 fully saturated rings. The van der Waals surface area contributed by atoms with Gasteiger partial charge in [-0.2, -0.15) is 10.2 Å². The zero-order chi connectivity index (χ0) is 21.3. The molecular formula is C20H26N4O4S. The maximum atomic E-state index is 12.3. The average molecular weight is 419 g/mol. The lowest BCUT2D eigenvalue weighted by Gasteiger charge is -2.19. The van der Waals surface area contributed by atoms with Crippen LogP contribution in [0.1, 0.15) is 27.2 Å². The van der Waals surface area contributed by atoms with Gasteiger partial charge >= 0.3 is 6.09 Å². The number of carbonyl (C=O) groups excluding carboxylic acids is 1. The second-order valence-corrected chi connectivity index (χ2v) is 8.98. The van der Waals surface area contributed by atoms with E-state index in [1.54, 1.807) is 32.9 Å². The SMILES string of the molecule is CC(C)(C)OC(=O)NCCCNS(=O)(=O)c1ccc(N=Nc2ccccc2)cc1. The summed E-state index contributed by atoms with van der Waals surface area (Å²) in [4.78, 5) is 11.7. The Morgan fingerprint density at radius 3 is 2.10 bits per heavy atom. The number of rotatable bonds is 8. The van der Waals surface area contributed by atoms with Gasteiger partial charge in [-0.25, -0.2) is 17.9 Å². The van der Waals surface area contributed by atoms with Crippen molar-refractivity contribution in [1.29, 1.82) is 0 Å². The van der Waals surface area contributed by atoms with Gasteiger partial charge in [0.15, 0.2) is 0 Å². The quantitative estimate of drug-likeness (QED) is 0.492. The second-order valence-electron chi connectivity index (χ2n) is 7.21. The number of azo groups is 1. The fraction of sp³-hybridized carbons (Fsp3) is 0.350. The Kier molecular flexibility index (Phi) is 7.86. The van der Waals surface area contributed by atoms with E-state index in [1.807, 2.05) is 30.3 Å². The van der Waals surface area contributed by atoms with Crippen molar-refractivity contribution in [1.82, 2.24) is 10.0 Å². The van der Waals surface area contributed by atoms with Crippen LogP contribution in [0.5, 0.6) is 0 Å². The van der Waals surface area contributed by atoms with Crippen molar-refractivity contribution in [2.45, 2.75) is 37.7 Å². The molecule has 0 aromatic heterocycles. The molecule has 0 heterocycles. The monoisotopic (exact) mass is 418 g/mol. The Hall–Kier alpha value is -2.78. The summed E-state index contributed by atoms with van der Waals surface area (Å²) in [6.45, 7) is 5.81. The van der Waals surface area contributed by atoms with Crippen LogP contribution < -0.4 is 10.0 Å². The molecule has 8 nitrogen and oxygen atoms in total. The number of hydrogen-bond donors (Lipinski definition) is 2. The van der Waals surface area contributed by atoms with E-state index in [9.17, 15) is 13.2 Å². The predicted octanol–water partition coefficient (Wildman–Crippen LogP) is 4.30. The van der Waals surface area contributed by atoms with Crippen molar-refractivity contribution in [2.24, 2.45) is 10.2 Å². The molecule has 0 spiro atoms. The smallest absolute Gasteiger partial charge is 0.407 e. The van der Waals surface area contributed by atoms with Crippen LogP contribution in [-0.2, 0) is 14.8 Å². The van der Waals surface area contributed by atoms with Crippen LogP contribution in [0.4, 0.5) is 16.2 Å². The van der Waals surface area contributed by atoms with Crippen LogP contribution in [-0.4, -0.2) is 33.2 Å². The summed E-state index contributed by atoms with van der Waals surface area (Å²) in [5, 5.41) is 10.8. The highest BCUT2D eigenvalue weighted by Crippen LogP contribution is 2.20. The van der Waals surface area contributed by atoms with Crippen LogP contribution in [0.15, 0.2) is 69.7 Å². The minimum Gasteiger partial charge on any atom is -0.444 e. The van der Waals surface area contributed by atoms with Gasteiger partial charge in [0.1, 0.15) is 5.60 Å². The molecule has 2 N–H and O–H groups in total. The van der Waals surface area contributed by atoms with Gasteiger partial charge in [-0.3, -0.25) is 0 Å². The number of nitrogens with one attached hydrogen (secondary N) is 2. The molecule has 0 aliphatic rings. The van der Waals surface area contributed by atoms with Crippen molar-refractivity contribution >= 4 is 27.5 Å². The standard InChI is InChI=1S/C20H26N4O4S/c1-20(2,3)28-19(25)21-14-7-15-22-29(26,27)18-12-10-17(11-13-18)24-23-16-8-5-4-6-9-16/h4-6,8-13,22H,7,14-15H2,1-3H3,(H,21,25). The van der Waals surface area contributed by atoms with Gasteiger partial charge in [0.05, 0.1) is 16.3 Å². The molecule has 29 heavy (non-hydrogen) atoms. The number of carbonyl (C=O) groups is 1. The summed E-state index contributed by atoms with van der Waals surface area (Å²) in [6, 6.07) is 15.4. The third-order valence-electron chi connectivity index (χ3n) is 3.50. The zero-order valence-corrected chi connectivity index (χ0v) is 17.6. The van der Waals surface area contributed by atoms with Crippen molar-refractivity contribution in [3.63, 3.8) is 0 Å². The van der Waals surface area contributed by atoms with Crippen LogP contribution >= 0.6 is 0 Å². The van der Waals surface area contributed by atoms with Gasteiger partial charge in [0.25, 0.3) is 0 Å². The minimum atomic E-state index is -3.64. The van der Waals surface area contributed by atoms with Gasteiger partial charge in [-0.05, 0) is 63.6 Å². The number of nitrogens with zero attached hydrogens (tertiary/aromatic N) is 2. The summed E-state index contributed by atoms with van der Waals surface area (Å²) in [5.74, 6) is 0. The molecule has 0 unspecified atom stereocenters. The van der Waals surface area contributed by atoms with Crippen LogP contribution in [0, 0.1) is 0 Å². The lowest BCUT2D eigenvalue weighted by Crippen LogP contribution is -2.34. The fourth-order valence-corrected chi connectivity index (χ4v) is 3.26. The molecule has 9 heteroatoms. The minimum absolute atomic E-state index is 0.135. The number of alkyl carbamates (subject to hydrolysis) is 1. The van der Waals surface area contributed by atoms with Crippen molar-refractivity contribution < 1.29 is 17.9 Å². The first-order valence-electron chi connectivity index (χ1n) is 9.19. The van der Waals surface area contributed by atoms with E-state index in [-0.39, 0.29) is 11.4 Å². The Labute approximate surface area is 171 Å². The van der Waals surface area contributed by atoms with Gasteiger partial charge in [0, 0.05) is 13.1 Å². The van der Waals surface area contributed by atoms with E-state index in [4.69, 9.17) is 4.74 Å². The van der Waals surface area contributed by atoms with Gasteiger partial charge in [-0.1, -0.05) is 18.2 Å². The summed E-state index contributed by atoms with van der Waals surface area (Å²) < 4.78 is 32.3. The summed E-state index contributed by atoms with van der Waals surface area (Å²) in [6.07, 6.45) is -0.0948. The Morgan fingerprint density at radius 1 is 0.931 bits per heavy atom. The molecule has 0 radical (unpaired) electrons. The predicted molar refractivity (Wildman–Crippen MR) is 111 cm³/mol. The van der Waals surface area contributed by atoms with Crippen molar-refractivity contribution in [3.8, 4) is 0 Å². The Morgan fingerprint density at radius 2 is 1.52 bits per heavy atom. The maximum Gasteiger partial charge on any atom is 0.407 e. The lowest BCUT2D eigenvalue weighted by molar-refractivity contribution is 0.0527. The lowest BCUT2D eigenvalue weighted by atomic mass is 10.2. The average Bonchev–Trinajstić information content (AvgIpc) is 2.66. The highest BCUT2D eigenvalue weighted by Gasteiger charge is 2.16. The number of benzene rings is 2. The van der Waals surface area contributed by atoms with Gasteiger partial charge in [-0.15, -0.1) is 0 Å². The maximum absolute atomic E-state index is 12.3. The van der Waals surface area contributed by atoms with Crippen LogP contribution in [0.2, 0.25) is 0 Å². The van der Waals surface area contributed by atoms with E-state index >= 15 is 0 Å². The van der Waals surface area contributed by atoms with Gasteiger partial charge in [0.2, 0.25) is 10.0 Å². The summed E-state index contributed by atoms with van der Waals surface area (Å²) >= 11 is 0. The van der Waals surface area contributed by atoms with Crippen molar-refractivity contribution in [3.05, 3.63) is 54.6 Å². The first kappa shape index (κ1) is 22.5. The van der Waals surface area contributed by atoms with Crippen LogP contribution in [0.25, 0.3) is 0 Å². The highest BCUT2D eigenvalue weighted by atomic mass is 32.2. The number of sulfonamides is 1. The summed E-state index contributed by atoms with van der Waals surface area (Å²) in [5.41, 5.74) is 0.693. The van der Waals surface area contributed by atoms with E-state index in [0.29, 0.717) is 24.3 Å². The molecule has 2 rings (SSSR count). The van der Waals surface area contributed by atoms with E-state index < -0.39 is 21.7 Å². The molecule has 0 saturated carbocycles. The van der Waals surface area contributed by atoms with E-state index in [0.717, 1.165) is 0 Å². The number of ether oxygens (including phenoxy) is 1. The second kappa shape index (κ2) is 10.1. The fourth-order valence-electron chi connectivity index (χ4n) is 2.18. The molecule has 0 aliphatic carbocycles. The third-order valence-corrected chi connectivity index (χ3v) is 4.97. The summed E-state index contributed by atoms with van der Waals surface area (Å²) in [7, 11) is -3.64. The number of hydrogen-bond acceptors (Lipinski definition) is 6. The van der Waals surface area contributed by atoms with Crippen molar-refractivity contribution in [2.75, 3.05) is 13.1 Å². The Balaban J connectivity index is 1.80. The topological polar surface area (TPSA) is 109 Å². The van der Waals surface area contributed by atoms with E-state index in [1.165, 1.54) is 12.1 Å². The van der Waals surface area contributed by atoms with Crippen LogP contribution in [0.3, 0.4) is 0 Å². The molecule has 0 aliphatic heterocycles. The number of amides is 1. The van der Waals surface area contributed by atoms with Gasteiger partial charge < -0.3 is 10.1 Å². The first-order chi connectivity index (χ1) is 13.7. The first-order valence-corrected chi connectivity index (χ1v) is 10.7.